The number of carbonyl (C=O) groups is 1. The first-order valence-corrected chi connectivity index (χ1v) is 11.5. The second-order valence-corrected chi connectivity index (χ2v) is 8.75. The van der Waals surface area contributed by atoms with Crippen molar-refractivity contribution in [2.75, 3.05) is 26.1 Å². The highest BCUT2D eigenvalue weighted by molar-refractivity contribution is 5.89. The largest absolute Gasteiger partial charge is 0.495 e. The van der Waals surface area contributed by atoms with Crippen LogP contribution in [0.25, 0.3) is 0 Å². The molecule has 0 radical (unpaired) electrons. The third-order valence-electron chi connectivity index (χ3n) is 5.96. The zero-order valence-corrected chi connectivity index (χ0v) is 20.8. The minimum atomic E-state index is -0.128. The van der Waals surface area contributed by atoms with Crippen molar-refractivity contribution in [3.05, 3.63) is 77.1 Å². The minimum Gasteiger partial charge on any atom is -0.495 e. The Hall–Kier alpha value is -3.32. The van der Waals surface area contributed by atoms with Gasteiger partial charge in [0.1, 0.15) is 5.75 Å². The number of nitrogens with one attached hydrogen (secondary N) is 1. The minimum absolute atomic E-state index is 0.0705. The van der Waals surface area contributed by atoms with Crippen LogP contribution >= 0.6 is 0 Å². The van der Waals surface area contributed by atoms with Gasteiger partial charge in [0, 0.05) is 56.1 Å². The molecule has 7 nitrogen and oxygen atoms in total. The molecule has 180 valence electrons. The fourth-order valence-corrected chi connectivity index (χ4v) is 4.13. The molecule has 0 spiro atoms. The molecule has 0 saturated heterocycles. The molecule has 0 saturated carbocycles. The number of ether oxygens (including phenoxy) is 2. The first-order valence-electron chi connectivity index (χ1n) is 11.5. The van der Waals surface area contributed by atoms with Crippen molar-refractivity contribution in [3.8, 4) is 5.75 Å². The monoisotopic (exact) mass is 462 g/mol. The van der Waals surface area contributed by atoms with Gasteiger partial charge < -0.3 is 14.8 Å². The lowest BCUT2D eigenvalue weighted by Crippen LogP contribution is -2.12. The van der Waals surface area contributed by atoms with Gasteiger partial charge in [-0.15, -0.1) is 0 Å². The number of rotatable bonds is 10. The van der Waals surface area contributed by atoms with E-state index < -0.39 is 0 Å². The summed E-state index contributed by atoms with van der Waals surface area (Å²) >= 11 is 0. The molecular formula is C27H34N4O3. The van der Waals surface area contributed by atoms with Crippen LogP contribution < -0.4 is 10.1 Å². The maximum absolute atomic E-state index is 11.6. The van der Waals surface area contributed by atoms with Crippen LogP contribution in [0.2, 0.25) is 0 Å². The van der Waals surface area contributed by atoms with Gasteiger partial charge in [0.2, 0.25) is 5.91 Å². The highest BCUT2D eigenvalue weighted by Crippen LogP contribution is 2.34. The highest BCUT2D eigenvalue weighted by Gasteiger charge is 2.20. The topological polar surface area (TPSA) is 86.2 Å². The van der Waals surface area contributed by atoms with E-state index in [1.54, 1.807) is 20.4 Å². The van der Waals surface area contributed by atoms with Crippen molar-refractivity contribution >= 4 is 11.6 Å². The Labute approximate surface area is 202 Å². The molecular weight excluding hydrogens is 428 g/mol. The number of nitrogens with zero attached hydrogens (tertiary/aromatic N) is 3. The molecule has 7 heteroatoms. The summed E-state index contributed by atoms with van der Waals surface area (Å²) in [7, 11) is 3.38. The summed E-state index contributed by atoms with van der Waals surface area (Å²) in [5, 5.41) is 2.86. The molecule has 34 heavy (non-hydrogen) atoms. The van der Waals surface area contributed by atoms with Crippen molar-refractivity contribution in [1.82, 2.24) is 15.0 Å². The van der Waals surface area contributed by atoms with Gasteiger partial charge in [-0.3, -0.25) is 19.7 Å². The van der Waals surface area contributed by atoms with Gasteiger partial charge >= 0.3 is 0 Å². The van der Waals surface area contributed by atoms with E-state index in [0.717, 1.165) is 34.8 Å². The number of anilines is 1. The first-order chi connectivity index (χ1) is 16.3. The third kappa shape index (κ3) is 6.17. The molecule has 1 amide bonds. The van der Waals surface area contributed by atoms with E-state index in [4.69, 9.17) is 14.5 Å². The lowest BCUT2D eigenvalue weighted by molar-refractivity contribution is -0.114. The van der Waals surface area contributed by atoms with Gasteiger partial charge in [-0.2, -0.15) is 0 Å². The summed E-state index contributed by atoms with van der Waals surface area (Å²) in [4.78, 5) is 25.4. The summed E-state index contributed by atoms with van der Waals surface area (Å²) < 4.78 is 11.0. The molecule has 1 N–H and O–H groups in total. The molecule has 0 unspecified atom stereocenters. The lowest BCUT2D eigenvalue weighted by atomic mass is 9.93. The molecule has 0 bridgehead atoms. The van der Waals surface area contributed by atoms with Gasteiger partial charge in [0.25, 0.3) is 0 Å². The Morgan fingerprint density at radius 1 is 1.00 bits per heavy atom. The lowest BCUT2D eigenvalue weighted by Gasteiger charge is -2.19. The SMILES string of the molecule is COC[C@H](C)c1cc(C[C@@H](C)c2ncc([C@@H](C)c3ncccc3NC(C)=O)cc2OC)ccn1. The average molecular weight is 463 g/mol. The van der Waals surface area contributed by atoms with Gasteiger partial charge in [-0.05, 0) is 47.9 Å². The van der Waals surface area contributed by atoms with E-state index in [0.29, 0.717) is 12.3 Å². The summed E-state index contributed by atoms with van der Waals surface area (Å²) in [6.07, 6.45) is 6.29. The molecule has 0 aliphatic carbocycles. The van der Waals surface area contributed by atoms with Gasteiger partial charge in [0.05, 0.1) is 30.8 Å². The van der Waals surface area contributed by atoms with Crippen LogP contribution in [-0.4, -0.2) is 41.7 Å². The van der Waals surface area contributed by atoms with Crippen LogP contribution in [0.3, 0.4) is 0 Å². The van der Waals surface area contributed by atoms with Crippen LogP contribution in [0.1, 0.15) is 73.7 Å². The fourth-order valence-electron chi connectivity index (χ4n) is 4.13. The van der Waals surface area contributed by atoms with Crippen LogP contribution in [0.5, 0.6) is 5.75 Å². The number of amides is 1. The van der Waals surface area contributed by atoms with E-state index in [1.807, 2.05) is 43.6 Å². The normalized spacial score (nSPS) is 13.7. The van der Waals surface area contributed by atoms with Crippen LogP contribution in [0.15, 0.2) is 48.9 Å². The summed E-state index contributed by atoms with van der Waals surface area (Å²) in [5.74, 6) is 0.937. The average Bonchev–Trinajstić information content (AvgIpc) is 2.83. The molecule has 3 aromatic rings. The van der Waals surface area contributed by atoms with Crippen molar-refractivity contribution < 1.29 is 14.3 Å². The smallest absolute Gasteiger partial charge is 0.221 e. The summed E-state index contributed by atoms with van der Waals surface area (Å²) in [6, 6.07) is 9.89. The predicted octanol–water partition coefficient (Wildman–Crippen LogP) is 5.09. The van der Waals surface area contributed by atoms with E-state index >= 15 is 0 Å². The molecule has 0 aliphatic rings. The number of pyridine rings is 3. The van der Waals surface area contributed by atoms with Crippen molar-refractivity contribution in [3.63, 3.8) is 0 Å². The number of methoxy groups -OCH3 is 2. The molecule has 0 aliphatic heterocycles. The zero-order valence-electron chi connectivity index (χ0n) is 20.8. The fraction of sp³-hybridized carbons (Fsp3) is 0.407. The zero-order chi connectivity index (χ0) is 24.7. The standard InChI is InChI=1S/C27H34N4O3/c1-17(12-21-9-11-28-24(13-21)18(2)16-33-5)26-25(34-6)14-22(15-30-26)19(3)27-23(31-20(4)32)8-7-10-29-27/h7-11,13-15,17-19H,12,16H2,1-6H3,(H,31,32)/t17-,18+,19-/m1/s1. The van der Waals surface area contributed by atoms with Crippen molar-refractivity contribution in [2.24, 2.45) is 0 Å². The molecule has 3 aromatic heterocycles. The Kier molecular flexibility index (Phi) is 8.71. The van der Waals surface area contributed by atoms with Gasteiger partial charge in [-0.25, -0.2) is 0 Å². The molecule has 3 rings (SSSR count). The van der Waals surface area contributed by atoms with Crippen molar-refractivity contribution in [1.29, 1.82) is 0 Å². The Morgan fingerprint density at radius 2 is 1.79 bits per heavy atom. The number of hydrogen-bond donors (Lipinski definition) is 1. The van der Waals surface area contributed by atoms with Gasteiger partial charge in [0.15, 0.2) is 0 Å². The maximum atomic E-state index is 11.6. The highest BCUT2D eigenvalue weighted by atomic mass is 16.5. The summed E-state index contributed by atoms with van der Waals surface area (Å²) in [5.41, 5.74) is 5.60. The Morgan fingerprint density at radius 3 is 2.50 bits per heavy atom. The van der Waals surface area contributed by atoms with E-state index in [2.05, 4.69) is 35.2 Å². The number of hydrogen-bond acceptors (Lipinski definition) is 6. The van der Waals surface area contributed by atoms with Gasteiger partial charge in [-0.1, -0.05) is 20.8 Å². The Bertz CT molecular complexity index is 1120. The van der Waals surface area contributed by atoms with Crippen LogP contribution in [0, 0.1) is 0 Å². The second kappa shape index (κ2) is 11.7. The molecule has 0 aromatic carbocycles. The van der Waals surface area contributed by atoms with Crippen LogP contribution in [0.4, 0.5) is 5.69 Å². The Balaban J connectivity index is 1.83. The third-order valence-corrected chi connectivity index (χ3v) is 5.96. The summed E-state index contributed by atoms with van der Waals surface area (Å²) in [6.45, 7) is 8.45. The maximum Gasteiger partial charge on any atom is 0.221 e. The molecule has 3 atom stereocenters. The van der Waals surface area contributed by atoms with E-state index in [9.17, 15) is 4.79 Å². The molecule has 0 fully saturated rings. The van der Waals surface area contributed by atoms with E-state index in [1.165, 1.54) is 12.5 Å². The van der Waals surface area contributed by atoms with E-state index in [-0.39, 0.29) is 23.7 Å². The predicted molar refractivity (Wildman–Crippen MR) is 133 cm³/mol. The number of carbonyl (C=O) groups excluding carboxylic acids is 1. The quantitative estimate of drug-likeness (QED) is 0.452. The first kappa shape index (κ1) is 25.3. The molecule has 3 heterocycles. The van der Waals surface area contributed by atoms with Crippen molar-refractivity contribution in [2.45, 2.75) is 51.9 Å². The second-order valence-electron chi connectivity index (χ2n) is 8.75. The van der Waals surface area contributed by atoms with Crippen LogP contribution in [-0.2, 0) is 16.0 Å². The number of aromatic nitrogens is 3.